The molecule has 2 fully saturated rings. The Hall–Kier alpha value is -1.10. The summed E-state index contributed by atoms with van der Waals surface area (Å²) in [6, 6.07) is -0.352. The Balaban J connectivity index is 1.98. The van der Waals surface area contributed by atoms with Crippen LogP contribution in [0.5, 0.6) is 0 Å². The number of hydrogen-bond acceptors (Lipinski definition) is 3. The summed E-state index contributed by atoms with van der Waals surface area (Å²) in [6.07, 6.45) is 3.30. The zero-order valence-corrected chi connectivity index (χ0v) is 12.6. The minimum atomic E-state index is -0.352. The first-order valence-corrected chi connectivity index (χ1v) is 7.72. The van der Waals surface area contributed by atoms with Crippen molar-refractivity contribution in [2.45, 2.75) is 45.6 Å². The minimum absolute atomic E-state index is 0.00797. The first-order valence-electron chi connectivity index (χ1n) is 7.72. The largest absolute Gasteiger partial charge is 0.381 e. The molecule has 1 N–H and O–H groups in total. The van der Waals surface area contributed by atoms with Gasteiger partial charge in [-0.3, -0.25) is 9.59 Å². The number of carbonyl (C=O) groups is 2. The molecule has 2 rings (SSSR count). The Kier molecular flexibility index (Phi) is 5.40. The molecule has 5 heteroatoms. The highest BCUT2D eigenvalue weighted by molar-refractivity contribution is 5.89. The second kappa shape index (κ2) is 7.07. The number of carbonyl (C=O) groups excluding carboxylic acids is 2. The molecule has 0 saturated carbocycles. The third kappa shape index (κ3) is 4.20. The molecule has 5 nitrogen and oxygen atoms in total. The first kappa shape index (κ1) is 15.3. The summed E-state index contributed by atoms with van der Waals surface area (Å²) < 4.78 is 5.48. The summed E-state index contributed by atoms with van der Waals surface area (Å²) in [6.45, 7) is 6.98. The molecule has 114 valence electrons. The molecular formula is C15H26N2O3. The van der Waals surface area contributed by atoms with Gasteiger partial charge in [-0.1, -0.05) is 13.8 Å². The predicted molar refractivity (Wildman–Crippen MR) is 76.1 cm³/mol. The van der Waals surface area contributed by atoms with E-state index in [4.69, 9.17) is 4.74 Å². The molecule has 0 aliphatic carbocycles. The van der Waals surface area contributed by atoms with Gasteiger partial charge in [0.05, 0.1) is 6.61 Å². The quantitative estimate of drug-likeness (QED) is 0.842. The highest BCUT2D eigenvalue weighted by Crippen LogP contribution is 2.18. The molecule has 0 aromatic heterocycles. The lowest BCUT2D eigenvalue weighted by Crippen LogP contribution is -2.47. The predicted octanol–water partition coefficient (Wildman–Crippen LogP) is 1.18. The fourth-order valence-corrected chi connectivity index (χ4v) is 2.97. The maximum atomic E-state index is 12.6. The second-order valence-corrected chi connectivity index (χ2v) is 6.37. The van der Waals surface area contributed by atoms with E-state index in [9.17, 15) is 9.59 Å². The van der Waals surface area contributed by atoms with Crippen molar-refractivity contribution in [3.8, 4) is 0 Å². The van der Waals surface area contributed by atoms with E-state index in [0.717, 1.165) is 32.6 Å². The molecule has 0 spiro atoms. The summed E-state index contributed by atoms with van der Waals surface area (Å²) in [5.41, 5.74) is 0. The van der Waals surface area contributed by atoms with Gasteiger partial charge in [0, 0.05) is 26.1 Å². The van der Waals surface area contributed by atoms with Crippen molar-refractivity contribution in [3.63, 3.8) is 0 Å². The van der Waals surface area contributed by atoms with Gasteiger partial charge in [0.2, 0.25) is 11.8 Å². The van der Waals surface area contributed by atoms with Crippen LogP contribution in [0.2, 0.25) is 0 Å². The van der Waals surface area contributed by atoms with Crippen LogP contribution in [-0.4, -0.2) is 49.1 Å². The molecule has 2 aliphatic heterocycles. The van der Waals surface area contributed by atoms with E-state index >= 15 is 0 Å². The molecule has 0 aromatic carbocycles. The van der Waals surface area contributed by atoms with Crippen LogP contribution in [-0.2, 0) is 14.3 Å². The topological polar surface area (TPSA) is 58.6 Å². The molecule has 2 heterocycles. The van der Waals surface area contributed by atoms with Crippen molar-refractivity contribution in [2.75, 3.05) is 26.3 Å². The van der Waals surface area contributed by atoms with Gasteiger partial charge >= 0.3 is 0 Å². The molecule has 2 saturated heterocycles. The fourth-order valence-electron chi connectivity index (χ4n) is 2.97. The number of hydrogen-bond donors (Lipinski definition) is 1. The lowest BCUT2D eigenvalue weighted by molar-refractivity contribution is -0.135. The van der Waals surface area contributed by atoms with Crippen molar-refractivity contribution in [3.05, 3.63) is 0 Å². The monoisotopic (exact) mass is 282 g/mol. The lowest BCUT2D eigenvalue weighted by Gasteiger charge is -2.30. The standard InChI is InChI=1S/C15H26N2O3/c1-11(2)8-13-15(19)17(6-5-14(18)16-13)9-12-4-3-7-20-10-12/h11-13H,3-10H2,1-2H3,(H,16,18). The Labute approximate surface area is 121 Å². The molecule has 0 radical (unpaired) electrons. The number of amides is 2. The van der Waals surface area contributed by atoms with Crippen LogP contribution in [0.15, 0.2) is 0 Å². The van der Waals surface area contributed by atoms with Gasteiger partial charge in [0.1, 0.15) is 6.04 Å². The average Bonchev–Trinajstić information content (AvgIpc) is 2.53. The zero-order chi connectivity index (χ0) is 14.5. The summed E-state index contributed by atoms with van der Waals surface area (Å²) in [5, 5.41) is 2.87. The van der Waals surface area contributed by atoms with Crippen molar-refractivity contribution >= 4 is 11.8 Å². The van der Waals surface area contributed by atoms with E-state index < -0.39 is 0 Å². The smallest absolute Gasteiger partial charge is 0.245 e. The summed E-state index contributed by atoms with van der Waals surface area (Å²) in [7, 11) is 0. The van der Waals surface area contributed by atoms with Crippen LogP contribution in [0.1, 0.15) is 39.5 Å². The Morgan fingerprint density at radius 3 is 2.85 bits per heavy atom. The van der Waals surface area contributed by atoms with E-state index in [1.807, 2.05) is 4.90 Å². The third-order valence-corrected chi connectivity index (χ3v) is 3.99. The Bertz CT molecular complexity index is 351. The molecule has 0 aromatic rings. The van der Waals surface area contributed by atoms with Crippen LogP contribution < -0.4 is 5.32 Å². The molecule has 2 amide bonds. The molecule has 2 aliphatic rings. The van der Waals surface area contributed by atoms with Crippen LogP contribution in [0.3, 0.4) is 0 Å². The van der Waals surface area contributed by atoms with Crippen molar-refractivity contribution in [2.24, 2.45) is 11.8 Å². The van der Waals surface area contributed by atoms with E-state index in [1.54, 1.807) is 0 Å². The second-order valence-electron chi connectivity index (χ2n) is 6.37. The van der Waals surface area contributed by atoms with Crippen molar-refractivity contribution < 1.29 is 14.3 Å². The van der Waals surface area contributed by atoms with Crippen LogP contribution in [0.25, 0.3) is 0 Å². The molecule has 0 bridgehead atoms. The van der Waals surface area contributed by atoms with Gasteiger partial charge in [-0.05, 0) is 31.1 Å². The number of ether oxygens (including phenoxy) is 1. The lowest BCUT2D eigenvalue weighted by atomic mass is 10.00. The summed E-state index contributed by atoms with van der Waals surface area (Å²) in [4.78, 5) is 26.2. The van der Waals surface area contributed by atoms with Gasteiger partial charge < -0.3 is 15.0 Å². The minimum Gasteiger partial charge on any atom is -0.381 e. The fraction of sp³-hybridized carbons (Fsp3) is 0.867. The molecule has 2 atom stereocenters. The average molecular weight is 282 g/mol. The summed E-state index contributed by atoms with van der Waals surface area (Å²) in [5.74, 6) is 0.879. The van der Waals surface area contributed by atoms with Crippen molar-refractivity contribution in [1.82, 2.24) is 10.2 Å². The third-order valence-electron chi connectivity index (χ3n) is 3.99. The first-order chi connectivity index (χ1) is 9.56. The van der Waals surface area contributed by atoms with Gasteiger partial charge in [0.25, 0.3) is 0 Å². The van der Waals surface area contributed by atoms with E-state index in [-0.39, 0.29) is 17.9 Å². The molecular weight excluding hydrogens is 256 g/mol. The SMILES string of the molecule is CC(C)CC1NC(=O)CCN(CC2CCCOC2)C1=O. The number of nitrogens with one attached hydrogen (secondary N) is 1. The van der Waals surface area contributed by atoms with Gasteiger partial charge in [-0.15, -0.1) is 0 Å². The molecule has 2 unspecified atom stereocenters. The van der Waals surface area contributed by atoms with Crippen LogP contribution >= 0.6 is 0 Å². The summed E-state index contributed by atoms with van der Waals surface area (Å²) >= 11 is 0. The Morgan fingerprint density at radius 1 is 1.40 bits per heavy atom. The van der Waals surface area contributed by atoms with Crippen LogP contribution in [0, 0.1) is 11.8 Å². The van der Waals surface area contributed by atoms with Gasteiger partial charge in [0.15, 0.2) is 0 Å². The van der Waals surface area contributed by atoms with Crippen LogP contribution in [0.4, 0.5) is 0 Å². The van der Waals surface area contributed by atoms with Gasteiger partial charge in [-0.25, -0.2) is 0 Å². The maximum absolute atomic E-state index is 12.6. The highest BCUT2D eigenvalue weighted by Gasteiger charge is 2.31. The Morgan fingerprint density at radius 2 is 2.20 bits per heavy atom. The normalized spacial score (nSPS) is 28.4. The zero-order valence-electron chi connectivity index (χ0n) is 12.6. The number of rotatable bonds is 4. The maximum Gasteiger partial charge on any atom is 0.245 e. The highest BCUT2D eigenvalue weighted by atomic mass is 16.5. The van der Waals surface area contributed by atoms with Gasteiger partial charge in [-0.2, -0.15) is 0 Å². The van der Waals surface area contributed by atoms with E-state index in [0.29, 0.717) is 31.2 Å². The van der Waals surface area contributed by atoms with E-state index in [1.165, 1.54) is 0 Å². The molecule has 20 heavy (non-hydrogen) atoms. The number of nitrogens with zero attached hydrogens (tertiary/aromatic N) is 1. The van der Waals surface area contributed by atoms with E-state index in [2.05, 4.69) is 19.2 Å². The van der Waals surface area contributed by atoms with Crippen molar-refractivity contribution in [1.29, 1.82) is 0 Å².